The molecule has 206 valence electrons. The number of esters is 1. The van der Waals surface area contributed by atoms with Crippen LogP contribution in [0.15, 0.2) is 12.2 Å². The standard InChI is InChI=1S/C23H36F6O6/c1-13(2)17(30)35-16-10-14(18(3,4)33-11-20(7,31)22(24,25)26)9-15(16)19(5,6)34-12-21(8,32)23(27,28)29/h14-16,31-32H,1,9-12H2,2-8H3. The van der Waals surface area contributed by atoms with Crippen LogP contribution >= 0.6 is 0 Å². The van der Waals surface area contributed by atoms with Gasteiger partial charge < -0.3 is 24.4 Å². The van der Waals surface area contributed by atoms with Gasteiger partial charge in [-0.25, -0.2) is 4.79 Å². The van der Waals surface area contributed by atoms with Gasteiger partial charge in [-0.2, -0.15) is 26.3 Å². The number of rotatable bonds is 10. The number of carbonyl (C=O) groups excluding carboxylic acids is 1. The van der Waals surface area contributed by atoms with Crippen LogP contribution in [-0.4, -0.2) is 70.3 Å². The number of ether oxygens (including phenoxy) is 3. The molecule has 0 radical (unpaired) electrons. The van der Waals surface area contributed by atoms with Crippen LogP contribution in [0.2, 0.25) is 0 Å². The fraction of sp³-hybridized carbons (Fsp3) is 0.870. The summed E-state index contributed by atoms with van der Waals surface area (Å²) in [5.41, 5.74) is -8.71. The van der Waals surface area contributed by atoms with Gasteiger partial charge in [0.1, 0.15) is 6.10 Å². The molecule has 12 heteroatoms. The predicted molar refractivity (Wildman–Crippen MR) is 114 cm³/mol. The molecule has 1 aliphatic rings. The van der Waals surface area contributed by atoms with Crippen molar-refractivity contribution >= 4 is 5.97 Å². The van der Waals surface area contributed by atoms with Crippen LogP contribution in [0.5, 0.6) is 0 Å². The van der Waals surface area contributed by atoms with Gasteiger partial charge in [-0.05, 0) is 67.2 Å². The molecule has 6 nitrogen and oxygen atoms in total. The van der Waals surface area contributed by atoms with E-state index in [9.17, 15) is 41.4 Å². The van der Waals surface area contributed by atoms with Gasteiger partial charge in [0.05, 0.1) is 24.4 Å². The molecule has 0 bridgehead atoms. The van der Waals surface area contributed by atoms with Crippen molar-refractivity contribution in [3.8, 4) is 0 Å². The van der Waals surface area contributed by atoms with Gasteiger partial charge in [-0.15, -0.1) is 0 Å². The molecule has 5 unspecified atom stereocenters. The highest BCUT2D eigenvalue weighted by molar-refractivity contribution is 5.87. The second kappa shape index (κ2) is 10.2. The average Bonchev–Trinajstić information content (AvgIpc) is 3.09. The second-order valence-corrected chi connectivity index (χ2v) is 10.8. The molecule has 0 amide bonds. The molecule has 0 aliphatic heterocycles. The molecular weight excluding hydrogens is 486 g/mol. The Kier molecular flexibility index (Phi) is 9.21. The Bertz CT molecular complexity index is 769. The third kappa shape index (κ3) is 7.80. The molecule has 0 heterocycles. The van der Waals surface area contributed by atoms with E-state index in [1.807, 2.05) is 0 Å². The molecule has 1 fully saturated rings. The lowest BCUT2D eigenvalue weighted by Crippen LogP contribution is -2.50. The highest BCUT2D eigenvalue weighted by atomic mass is 19.4. The third-order valence-electron chi connectivity index (χ3n) is 6.66. The highest BCUT2D eigenvalue weighted by Gasteiger charge is 2.55. The van der Waals surface area contributed by atoms with Crippen molar-refractivity contribution in [3.05, 3.63) is 12.2 Å². The lowest BCUT2D eigenvalue weighted by molar-refractivity contribution is -0.279. The third-order valence-corrected chi connectivity index (χ3v) is 6.66. The number of hydrogen-bond donors (Lipinski definition) is 2. The minimum Gasteiger partial charge on any atom is -0.459 e. The van der Waals surface area contributed by atoms with Crippen molar-refractivity contribution < 1.29 is 55.6 Å². The SMILES string of the molecule is C=C(C)C(=O)OC1CC(C(C)(C)OCC(C)(O)C(F)(F)F)CC1C(C)(C)OCC(C)(O)C(F)(F)F. The summed E-state index contributed by atoms with van der Waals surface area (Å²) in [4.78, 5) is 12.2. The highest BCUT2D eigenvalue weighted by Crippen LogP contribution is 2.47. The van der Waals surface area contributed by atoms with Gasteiger partial charge in [-0.1, -0.05) is 6.58 Å². The minimum atomic E-state index is -4.95. The van der Waals surface area contributed by atoms with Gasteiger partial charge in [0, 0.05) is 11.5 Å². The fourth-order valence-corrected chi connectivity index (χ4v) is 3.71. The first-order valence-electron chi connectivity index (χ1n) is 11.1. The first kappa shape index (κ1) is 31.7. The van der Waals surface area contributed by atoms with Gasteiger partial charge in [-0.3, -0.25) is 0 Å². The second-order valence-electron chi connectivity index (χ2n) is 10.8. The van der Waals surface area contributed by atoms with Crippen LogP contribution in [0.25, 0.3) is 0 Å². The number of halogens is 6. The Balaban J connectivity index is 3.14. The molecule has 0 aromatic carbocycles. The molecule has 35 heavy (non-hydrogen) atoms. The summed E-state index contributed by atoms with van der Waals surface area (Å²) in [6.45, 7) is 9.95. The number of alkyl halides is 6. The molecule has 5 atom stereocenters. The first-order chi connectivity index (χ1) is 15.3. The Hall–Kier alpha value is -1.37. The van der Waals surface area contributed by atoms with Crippen LogP contribution in [0.3, 0.4) is 0 Å². The average molecular weight is 523 g/mol. The van der Waals surface area contributed by atoms with Crippen LogP contribution in [-0.2, 0) is 19.0 Å². The van der Waals surface area contributed by atoms with E-state index in [0.29, 0.717) is 13.8 Å². The molecular formula is C23H36F6O6. The quantitative estimate of drug-likeness (QED) is 0.246. The Morgan fingerprint density at radius 1 is 0.829 bits per heavy atom. The molecule has 0 spiro atoms. The summed E-state index contributed by atoms with van der Waals surface area (Å²) in [5.74, 6) is -1.94. The maximum absolute atomic E-state index is 13.1. The molecule has 1 aliphatic carbocycles. The normalized spacial score (nSPS) is 25.6. The van der Waals surface area contributed by atoms with E-state index in [-0.39, 0.29) is 18.4 Å². The molecule has 2 N–H and O–H groups in total. The Morgan fingerprint density at radius 2 is 1.23 bits per heavy atom. The molecule has 1 saturated carbocycles. The number of aliphatic hydroxyl groups is 2. The van der Waals surface area contributed by atoms with E-state index < -0.39 is 71.9 Å². The summed E-state index contributed by atoms with van der Waals surface area (Å²) in [6, 6.07) is 0. The summed E-state index contributed by atoms with van der Waals surface area (Å²) in [6.07, 6.45) is -10.5. The number of hydrogen-bond acceptors (Lipinski definition) is 6. The minimum absolute atomic E-state index is 0.0858. The smallest absolute Gasteiger partial charge is 0.419 e. The van der Waals surface area contributed by atoms with Gasteiger partial charge in [0.2, 0.25) is 0 Å². The van der Waals surface area contributed by atoms with Crippen molar-refractivity contribution in [3.63, 3.8) is 0 Å². The summed E-state index contributed by atoms with van der Waals surface area (Å²) >= 11 is 0. The molecule has 0 aromatic rings. The van der Waals surface area contributed by atoms with Gasteiger partial charge in [0.25, 0.3) is 0 Å². The Morgan fingerprint density at radius 3 is 1.60 bits per heavy atom. The fourth-order valence-electron chi connectivity index (χ4n) is 3.71. The van der Waals surface area contributed by atoms with Crippen LogP contribution in [0, 0.1) is 11.8 Å². The molecule has 0 saturated heterocycles. The zero-order valence-electron chi connectivity index (χ0n) is 21.1. The van der Waals surface area contributed by atoms with Crippen LogP contribution < -0.4 is 0 Å². The summed E-state index contributed by atoms with van der Waals surface area (Å²) in [5, 5.41) is 19.5. The van der Waals surface area contributed by atoms with E-state index in [4.69, 9.17) is 14.2 Å². The van der Waals surface area contributed by atoms with Crippen molar-refractivity contribution in [1.82, 2.24) is 0 Å². The summed E-state index contributed by atoms with van der Waals surface area (Å²) in [7, 11) is 0. The lowest BCUT2D eigenvalue weighted by atomic mass is 9.83. The number of carbonyl (C=O) groups is 1. The zero-order valence-corrected chi connectivity index (χ0v) is 21.1. The van der Waals surface area contributed by atoms with Crippen LogP contribution in [0.4, 0.5) is 26.3 Å². The van der Waals surface area contributed by atoms with Crippen molar-refractivity contribution in [2.45, 2.75) is 102 Å². The van der Waals surface area contributed by atoms with Gasteiger partial charge in [0.15, 0.2) is 11.2 Å². The predicted octanol–water partition coefficient (Wildman–Crippen LogP) is 4.72. The van der Waals surface area contributed by atoms with E-state index in [1.54, 1.807) is 0 Å². The van der Waals surface area contributed by atoms with Gasteiger partial charge >= 0.3 is 18.3 Å². The lowest BCUT2D eigenvalue weighted by Gasteiger charge is -2.38. The van der Waals surface area contributed by atoms with E-state index in [0.717, 1.165) is 0 Å². The van der Waals surface area contributed by atoms with Crippen LogP contribution in [0.1, 0.15) is 61.3 Å². The van der Waals surface area contributed by atoms with Crippen molar-refractivity contribution in [2.24, 2.45) is 11.8 Å². The Labute approximate surface area is 201 Å². The maximum Gasteiger partial charge on any atom is 0.419 e. The monoisotopic (exact) mass is 522 g/mol. The maximum atomic E-state index is 13.1. The molecule has 0 aromatic heterocycles. The topological polar surface area (TPSA) is 85.2 Å². The largest absolute Gasteiger partial charge is 0.459 e. The first-order valence-corrected chi connectivity index (χ1v) is 11.1. The zero-order chi connectivity index (χ0) is 27.8. The van der Waals surface area contributed by atoms with E-state index >= 15 is 0 Å². The van der Waals surface area contributed by atoms with E-state index in [2.05, 4.69) is 6.58 Å². The van der Waals surface area contributed by atoms with Crippen molar-refractivity contribution in [2.75, 3.05) is 13.2 Å². The summed E-state index contributed by atoms with van der Waals surface area (Å²) < 4.78 is 94.8. The molecule has 1 rings (SSSR count). The van der Waals surface area contributed by atoms with E-state index in [1.165, 1.54) is 34.6 Å². The van der Waals surface area contributed by atoms with Crippen molar-refractivity contribution in [1.29, 1.82) is 0 Å².